The Labute approximate surface area is 100 Å². The molecule has 2 aromatic rings. The Kier molecular flexibility index (Phi) is 4.08. The van der Waals surface area contributed by atoms with E-state index in [1.54, 1.807) is 11.3 Å². The van der Waals surface area contributed by atoms with Crippen molar-refractivity contribution in [1.82, 2.24) is 10.3 Å². The fourth-order valence-electron chi connectivity index (χ4n) is 1.50. The molecular weight excluding hydrogens is 216 g/mol. The maximum atomic E-state index is 4.27. The summed E-state index contributed by atoms with van der Waals surface area (Å²) >= 11 is 1.76. The minimum Gasteiger partial charge on any atom is -0.312 e. The second kappa shape index (κ2) is 5.77. The Morgan fingerprint density at radius 2 is 2.19 bits per heavy atom. The van der Waals surface area contributed by atoms with Crippen LogP contribution in [0.2, 0.25) is 0 Å². The van der Waals surface area contributed by atoms with Gasteiger partial charge in [0.1, 0.15) is 0 Å². The number of thiophene rings is 1. The van der Waals surface area contributed by atoms with Crippen LogP contribution < -0.4 is 5.32 Å². The van der Waals surface area contributed by atoms with Crippen molar-refractivity contribution in [1.29, 1.82) is 0 Å². The van der Waals surface area contributed by atoms with Crippen LogP contribution in [0.3, 0.4) is 0 Å². The van der Waals surface area contributed by atoms with Gasteiger partial charge in [-0.25, -0.2) is 0 Å². The highest BCUT2D eigenvalue weighted by atomic mass is 32.1. The van der Waals surface area contributed by atoms with Gasteiger partial charge in [0, 0.05) is 18.4 Å². The lowest BCUT2D eigenvalue weighted by Crippen LogP contribution is -2.16. The van der Waals surface area contributed by atoms with E-state index in [4.69, 9.17) is 0 Å². The summed E-state index contributed by atoms with van der Waals surface area (Å²) in [7, 11) is 0. The maximum absolute atomic E-state index is 4.27. The van der Waals surface area contributed by atoms with Crippen molar-refractivity contribution in [3.63, 3.8) is 0 Å². The van der Waals surface area contributed by atoms with E-state index in [0.717, 1.165) is 25.2 Å². The van der Waals surface area contributed by atoms with Crippen molar-refractivity contribution >= 4 is 11.3 Å². The zero-order chi connectivity index (χ0) is 11.2. The summed E-state index contributed by atoms with van der Waals surface area (Å²) in [5.41, 5.74) is 3.73. The quantitative estimate of drug-likeness (QED) is 0.802. The third-order valence-electron chi connectivity index (χ3n) is 2.47. The molecule has 0 bridgehead atoms. The Hall–Kier alpha value is -1.19. The summed E-state index contributed by atoms with van der Waals surface area (Å²) < 4.78 is 0. The molecule has 0 fully saturated rings. The third kappa shape index (κ3) is 3.43. The number of hydrogen-bond donors (Lipinski definition) is 1. The minimum atomic E-state index is 0.900. The molecule has 0 saturated carbocycles. The number of aromatic nitrogens is 1. The minimum absolute atomic E-state index is 0.900. The SMILES string of the molecule is Cc1ccc(CNCCc2ccsc2)cn1. The van der Waals surface area contributed by atoms with E-state index >= 15 is 0 Å². The summed E-state index contributed by atoms with van der Waals surface area (Å²) in [6, 6.07) is 6.36. The Balaban J connectivity index is 1.70. The van der Waals surface area contributed by atoms with Gasteiger partial charge in [0.25, 0.3) is 0 Å². The van der Waals surface area contributed by atoms with E-state index < -0.39 is 0 Å². The lowest BCUT2D eigenvalue weighted by Gasteiger charge is -2.04. The Morgan fingerprint density at radius 1 is 1.25 bits per heavy atom. The Morgan fingerprint density at radius 3 is 2.88 bits per heavy atom. The fourth-order valence-corrected chi connectivity index (χ4v) is 2.21. The number of nitrogens with zero attached hydrogens (tertiary/aromatic N) is 1. The van der Waals surface area contributed by atoms with E-state index in [0.29, 0.717) is 0 Å². The molecule has 0 atom stereocenters. The second-order valence-corrected chi connectivity index (χ2v) is 4.65. The first-order valence-electron chi connectivity index (χ1n) is 5.48. The number of hydrogen-bond acceptors (Lipinski definition) is 3. The fraction of sp³-hybridized carbons (Fsp3) is 0.308. The van der Waals surface area contributed by atoms with Crippen molar-refractivity contribution < 1.29 is 0 Å². The van der Waals surface area contributed by atoms with Crippen molar-refractivity contribution in [2.45, 2.75) is 19.9 Å². The number of rotatable bonds is 5. The first-order valence-corrected chi connectivity index (χ1v) is 6.42. The summed E-state index contributed by atoms with van der Waals surface area (Å²) in [6.07, 6.45) is 3.04. The van der Waals surface area contributed by atoms with E-state index in [-0.39, 0.29) is 0 Å². The van der Waals surface area contributed by atoms with Gasteiger partial charge in [0.2, 0.25) is 0 Å². The highest BCUT2D eigenvalue weighted by Gasteiger charge is 1.95. The molecule has 3 heteroatoms. The van der Waals surface area contributed by atoms with Gasteiger partial charge in [-0.1, -0.05) is 6.07 Å². The summed E-state index contributed by atoms with van der Waals surface area (Å²) in [5, 5.41) is 7.75. The average Bonchev–Trinajstić information content (AvgIpc) is 2.80. The van der Waals surface area contributed by atoms with Crippen LogP contribution in [0.25, 0.3) is 0 Å². The molecule has 1 N–H and O–H groups in total. The van der Waals surface area contributed by atoms with Gasteiger partial charge >= 0.3 is 0 Å². The molecular formula is C13H16N2S. The first-order chi connectivity index (χ1) is 7.84. The first kappa shape index (κ1) is 11.3. The number of pyridine rings is 1. The van der Waals surface area contributed by atoms with Crippen LogP contribution in [-0.4, -0.2) is 11.5 Å². The molecule has 0 aromatic carbocycles. The van der Waals surface area contributed by atoms with Crippen LogP contribution >= 0.6 is 11.3 Å². The molecule has 0 saturated heterocycles. The van der Waals surface area contributed by atoms with Gasteiger partial charge in [-0.15, -0.1) is 0 Å². The highest BCUT2D eigenvalue weighted by Crippen LogP contribution is 2.06. The van der Waals surface area contributed by atoms with Crippen molar-refractivity contribution in [3.05, 3.63) is 52.0 Å². The molecule has 16 heavy (non-hydrogen) atoms. The lowest BCUT2D eigenvalue weighted by atomic mass is 10.2. The lowest BCUT2D eigenvalue weighted by molar-refractivity contribution is 0.685. The van der Waals surface area contributed by atoms with Crippen LogP contribution in [0, 0.1) is 6.92 Å². The smallest absolute Gasteiger partial charge is 0.0372 e. The number of nitrogens with one attached hydrogen (secondary N) is 1. The van der Waals surface area contributed by atoms with E-state index in [9.17, 15) is 0 Å². The molecule has 0 aliphatic carbocycles. The van der Waals surface area contributed by atoms with E-state index in [2.05, 4.69) is 39.3 Å². The molecule has 2 aromatic heterocycles. The van der Waals surface area contributed by atoms with Gasteiger partial charge < -0.3 is 5.32 Å². The number of aryl methyl sites for hydroxylation is 1. The predicted molar refractivity (Wildman–Crippen MR) is 68.7 cm³/mol. The molecule has 0 amide bonds. The molecule has 0 unspecified atom stereocenters. The van der Waals surface area contributed by atoms with Crippen LogP contribution in [0.1, 0.15) is 16.8 Å². The highest BCUT2D eigenvalue weighted by molar-refractivity contribution is 7.07. The van der Waals surface area contributed by atoms with Crippen LogP contribution in [-0.2, 0) is 13.0 Å². The van der Waals surface area contributed by atoms with Crippen molar-refractivity contribution in [3.8, 4) is 0 Å². The molecule has 0 aliphatic heterocycles. The van der Waals surface area contributed by atoms with Crippen LogP contribution in [0.5, 0.6) is 0 Å². The van der Waals surface area contributed by atoms with Crippen molar-refractivity contribution in [2.75, 3.05) is 6.54 Å². The molecule has 2 heterocycles. The topological polar surface area (TPSA) is 24.9 Å². The average molecular weight is 232 g/mol. The monoisotopic (exact) mass is 232 g/mol. The van der Waals surface area contributed by atoms with Crippen molar-refractivity contribution in [2.24, 2.45) is 0 Å². The van der Waals surface area contributed by atoms with Gasteiger partial charge in [-0.3, -0.25) is 4.98 Å². The van der Waals surface area contributed by atoms with Crippen LogP contribution in [0.15, 0.2) is 35.2 Å². The van der Waals surface area contributed by atoms with Crippen LogP contribution in [0.4, 0.5) is 0 Å². The van der Waals surface area contributed by atoms with E-state index in [1.165, 1.54) is 11.1 Å². The van der Waals surface area contributed by atoms with Gasteiger partial charge in [-0.2, -0.15) is 11.3 Å². The Bertz CT molecular complexity index is 406. The summed E-state index contributed by atoms with van der Waals surface area (Å²) in [6.45, 7) is 3.93. The zero-order valence-electron chi connectivity index (χ0n) is 9.44. The molecule has 0 aliphatic rings. The summed E-state index contributed by atoms with van der Waals surface area (Å²) in [5.74, 6) is 0. The maximum Gasteiger partial charge on any atom is 0.0372 e. The predicted octanol–water partition coefficient (Wildman–Crippen LogP) is 2.78. The van der Waals surface area contributed by atoms with Gasteiger partial charge in [0.05, 0.1) is 0 Å². The molecule has 0 spiro atoms. The molecule has 0 radical (unpaired) electrons. The molecule has 2 nitrogen and oxygen atoms in total. The normalized spacial score (nSPS) is 10.6. The second-order valence-electron chi connectivity index (χ2n) is 3.87. The van der Waals surface area contributed by atoms with Gasteiger partial charge in [0.15, 0.2) is 0 Å². The zero-order valence-corrected chi connectivity index (χ0v) is 10.3. The third-order valence-corrected chi connectivity index (χ3v) is 3.20. The largest absolute Gasteiger partial charge is 0.312 e. The standard InChI is InChI=1S/C13H16N2S/c1-11-2-3-13(9-15-11)8-14-6-4-12-5-7-16-10-12/h2-3,5,7,9-10,14H,4,6,8H2,1H3. The van der Waals surface area contributed by atoms with E-state index in [1.807, 2.05) is 13.1 Å². The molecule has 2 rings (SSSR count). The summed E-state index contributed by atoms with van der Waals surface area (Å²) in [4.78, 5) is 4.27. The van der Waals surface area contributed by atoms with Gasteiger partial charge in [-0.05, 0) is 53.9 Å². The molecule has 84 valence electrons.